The lowest BCUT2D eigenvalue weighted by Crippen LogP contribution is -2.38. The number of carbonyl (C=O) groups excluding carboxylic acids is 1. The van der Waals surface area contributed by atoms with Crippen molar-refractivity contribution in [2.24, 2.45) is 0 Å². The number of rotatable bonds is 2. The van der Waals surface area contributed by atoms with E-state index in [1.807, 2.05) is 23.1 Å². The van der Waals surface area contributed by atoms with Crippen LogP contribution in [0.3, 0.4) is 0 Å². The lowest BCUT2D eigenvalue weighted by molar-refractivity contribution is 0.0711. The molecule has 7 nitrogen and oxygen atoms in total. The first-order valence-electron chi connectivity index (χ1n) is 9.36. The van der Waals surface area contributed by atoms with Crippen molar-refractivity contribution in [3.05, 3.63) is 64.2 Å². The van der Waals surface area contributed by atoms with Crippen molar-refractivity contribution < 1.29 is 14.3 Å². The summed E-state index contributed by atoms with van der Waals surface area (Å²) >= 11 is 0. The molecule has 0 radical (unpaired) electrons. The zero-order valence-electron chi connectivity index (χ0n) is 15.2. The fraction of sp³-hybridized carbons (Fsp3) is 0.286. The molecule has 1 N–H and O–H groups in total. The van der Waals surface area contributed by atoms with Crippen LogP contribution in [0.25, 0.3) is 10.9 Å². The number of benzene rings is 1. The molecule has 5 rings (SSSR count). The first-order chi connectivity index (χ1) is 13.7. The van der Waals surface area contributed by atoms with Gasteiger partial charge in [0.05, 0.1) is 0 Å². The van der Waals surface area contributed by atoms with Gasteiger partial charge in [-0.25, -0.2) is 0 Å². The smallest absolute Gasteiger partial charge is 0.274 e. The van der Waals surface area contributed by atoms with Crippen LogP contribution >= 0.6 is 0 Å². The van der Waals surface area contributed by atoms with Crippen molar-refractivity contribution in [2.45, 2.75) is 18.8 Å². The van der Waals surface area contributed by atoms with E-state index in [9.17, 15) is 9.59 Å². The Labute approximate surface area is 160 Å². The number of nitrogens with zero attached hydrogens (tertiary/aromatic N) is 2. The minimum atomic E-state index is -0.160. The third kappa shape index (κ3) is 2.89. The van der Waals surface area contributed by atoms with E-state index >= 15 is 0 Å². The Bertz CT molecular complexity index is 1120. The zero-order chi connectivity index (χ0) is 19.1. The van der Waals surface area contributed by atoms with Gasteiger partial charge in [0.25, 0.3) is 11.5 Å². The molecule has 0 spiro atoms. The van der Waals surface area contributed by atoms with Crippen LogP contribution in [0.15, 0.2) is 47.4 Å². The second-order valence-corrected chi connectivity index (χ2v) is 7.13. The molecule has 0 atom stereocenters. The maximum Gasteiger partial charge on any atom is 0.274 e. The fourth-order valence-electron chi connectivity index (χ4n) is 3.94. The van der Waals surface area contributed by atoms with Gasteiger partial charge in [-0.3, -0.25) is 14.6 Å². The van der Waals surface area contributed by atoms with E-state index in [0.717, 1.165) is 23.9 Å². The molecule has 7 heteroatoms. The van der Waals surface area contributed by atoms with Gasteiger partial charge in [0, 0.05) is 41.8 Å². The molecular weight excluding hydrogens is 358 g/mol. The molecule has 2 aliphatic rings. The van der Waals surface area contributed by atoms with Crippen LogP contribution in [0.4, 0.5) is 0 Å². The molecular formula is C21H19N3O4. The number of hydrogen-bond donors (Lipinski definition) is 1. The molecule has 1 fully saturated rings. The van der Waals surface area contributed by atoms with Gasteiger partial charge in [0.1, 0.15) is 5.52 Å². The summed E-state index contributed by atoms with van der Waals surface area (Å²) in [6, 6.07) is 11.0. The zero-order valence-corrected chi connectivity index (χ0v) is 15.2. The van der Waals surface area contributed by atoms with Crippen molar-refractivity contribution in [3.63, 3.8) is 0 Å². The Hall–Kier alpha value is -3.35. The number of piperidine rings is 1. The highest BCUT2D eigenvalue weighted by Gasteiger charge is 2.26. The highest BCUT2D eigenvalue weighted by Crippen LogP contribution is 2.34. The molecule has 1 saturated heterocycles. The lowest BCUT2D eigenvalue weighted by Gasteiger charge is -2.32. The summed E-state index contributed by atoms with van der Waals surface area (Å²) in [5.41, 5.74) is 1.82. The van der Waals surface area contributed by atoms with Gasteiger partial charge in [-0.2, -0.15) is 0 Å². The number of hydrogen-bond acceptors (Lipinski definition) is 5. The van der Waals surface area contributed by atoms with Crippen molar-refractivity contribution in [2.75, 3.05) is 19.9 Å². The van der Waals surface area contributed by atoms with E-state index in [1.54, 1.807) is 24.4 Å². The molecule has 142 valence electrons. The van der Waals surface area contributed by atoms with Crippen molar-refractivity contribution in [3.8, 4) is 11.5 Å². The van der Waals surface area contributed by atoms with Crippen molar-refractivity contribution in [1.82, 2.24) is 14.9 Å². The van der Waals surface area contributed by atoms with Crippen LogP contribution in [-0.4, -0.2) is 40.7 Å². The fourth-order valence-corrected chi connectivity index (χ4v) is 3.94. The summed E-state index contributed by atoms with van der Waals surface area (Å²) in [4.78, 5) is 34.1. The van der Waals surface area contributed by atoms with Gasteiger partial charge < -0.3 is 19.4 Å². The highest BCUT2D eigenvalue weighted by molar-refractivity contribution is 5.95. The van der Waals surface area contributed by atoms with E-state index in [0.29, 0.717) is 35.7 Å². The van der Waals surface area contributed by atoms with E-state index in [4.69, 9.17) is 9.47 Å². The molecule has 0 saturated carbocycles. The standard InChI is InChI=1S/C21H19N3O4/c25-20-19-14(2-1-7-22-19)10-16(23-20)13-5-8-24(9-6-13)21(26)15-3-4-17-18(11-15)28-12-27-17/h1-4,7,10-11,13H,5-6,8-9,12H2,(H,23,25). The number of nitrogens with one attached hydrogen (secondary N) is 1. The van der Waals surface area contributed by atoms with Crippen LogP contribution in [0.1, 0.15) is 34.8 Å². The lowest BCUT2D eigenvalue weighted by atomic mass is 9.92. The molecule has 0 unspecified atom stereocenters. The second-order valence-electron chi connectivity index (χ2n) is 7.13. The Kier molecular flexibility index (Phi) is 4.00. The average Bonchev–Trinajstić information content (AvgIpc) is 3.21. The molecule has 3 aromatic rings. The SMILES string of the molecule is O=C(c1ccc2c(c1)OCO2)N1CCC(c2cc3cccnc3c(=O)[nH]2)CC1. The predicted octanol–water partition coefficient (Wildman–Crippen LogP) is 2.67. The average molecular weight is 377 g/mol. The minimum Gasteiger partial charge on any atom is -0.454 e. The van der Waals surface area contributed by atoms with E-state index in [1.165, 1.54) is 0 Å². The Morgan fingerprint density at radius 2 is 1.93 bits per heavy atom. The molecule has 0 bridgehead atoms. The Balaban J connectivity index is 1.31. The highest BCUT2D eigenvalue weighted by atomic mass is 16.7. The summed E-state index contributed by atoms with van der Waals surface area (Å²) in [6.45, 7) is 1.48. The van der Waals surface area contributed by atoms with Crippen LogP contribution in [-0.2, 0) is 0 Å². The summed E-state index contributed by atoms with van der Waals surface area (Å²) in [5.74, 6) is 1.50. The van der Waals surface area contributed by atoms with Gasteiger partial charge in [-0.15, -0.1) is 0 Å². The maximum atomic E-state index is 12.8. The summed E-state index contributed by atoms with van der Waals surface area (Å²) in [6.07, 6.45) is 3.23. The summed E-state index contributed by atoms with van der Waals surface area (Å²) in [7, 11) is 0. The van der Waals surface area contributed by atoms with Crippen molar-refractivity contribution >= 4 is 16.8 Å². The number of H-pyrrole nitrogens is 1. The molecule has 28 heavy (non-hydrogen) atoms. The second kappa shape index (κ2) is 6.67. The number of amides is 1. The number of likely N-dealkylation sites (tertiary alicyclic amines) is 1. The van der Waals surface area contributed by atoms with Crippen LogP contribution in [0.5, 0.6) is 11.5 Å². The Morgan fingerprint density at radius 3 is 2.79 bits per heavy atom. The van der Waals surface area contributed by atoms with Gasteiger partial charge in [-0.1, -0.05) is 6.07 Å². The van der Waals surface area contributed by atoms with Gasteiger partial charge in [-0.05, 0) is 43.2 Å². The number of carbonyl (C=O) groups is 1. The normalized spacial score (nSPS) is 16.5. The third-order valence-electron chi connectivity index (χ3n) is 5.46. The molecule has 1 amide bonds. The minimum absolute atomic E-state index is 0.00652. The molecule has 0 aliphatic carbocycles. The molecule has 2 aromatic heterocycles. The first-order valence-corrected chi connectivity index (χ1v) is 9.36. The van der Waals surface area contributed by atoms with Gasteiger partial charge in [0.15, 0.2) is 11.5 Å². The number of pyridine rings is 2. The van der Waals surface area contributed by atoms with E-state index in [2.05, 4.69) is 9.97 Å². The van der Waals surface area contributed by atoms with E-state index in [-0.39, 0.29) is 24.2 Å². The van der Waals surface area contributed by atoms with Crippen LogP contribution in [0, 0.1) is 0 Å². The van der Waals surface area contributed by atoms with Gasteiger partial charge >= 0.3 is 0 Å². The quantitative estimate of drug-likeness (QED) is 0.742. The molecule has 4 heterocycles. The summed E-state index contributed by atoms with van der Waals surface area (Å²) in [5, 5.41) is 0.847. The summed E-state index contributed by atoms with van der Waals surface area (Å²) < 4.78 is 10.7. The first kappa shape index (κ1) is 16.8. The maximum absolute atomic E-state index is 12.8. The monoisotopic (exact) mass is 377 g/mol. The largest absolute Gasteiger partial charge is 0.454 e. The number of ether oxygens (including phenoxy) is 2. The van der Waals surface area contributed by atoms with Crippen molar-refractivity contribution in [1.29, 1.82) is 0 Å². The van der Waals surface area contributed by atoms with Crippen LogP contribution < -0.4 is 15.0 Å². The number of fused-ring (bicyclic) bond motifs is 2. The number of aromatic amines is 1. The molecule has 1 aromatic carbocycles. The number of aromatic nitrogens is 2. The third-order valence-corrected chi connectivity index (χ3v) is 5.46. The Morgan fingerprint density at radius 1 is 1.11 bits per heavy atom. The molecule has 2 aliphatic heterocycles. The van der Waals surface area contributed by atoms with Gasteiger partial charge in [0.2, 0.25) is 6.79 Å². The van der Waals surface area contributed by atoms with Crippen LogP contribution in [0.2, 0.25) is 0 Å². The topological polar surface area (TPSA) is 84.5 Å². The predicted molar refractivity (Wildman–Crippen MR) is 103 cm³/mol. The van der Waals surface area contributed by atoms with E-state index < -0.39 is 0 Å².